The monoisotopic (exact) mass is 550 g/mol. The number of hydrogen-bond acceptors (Lipinski definition) is 5. The van der Waals surface area contributed by atoms with Crippen molar-refractivity contribution in [3.05, 3.63) is 56.2 Å². The number of carbonyl (C=O) groups excluding carboxylic acids is 2. The number of halogens is 1. The van der Waals surface area contributed by atoms with Crippen LogP contribution in [0.2, 0.25) is 0 Å². The Morgan fingerprint density at radius 2 is 1.87 bits per heavy atom. The summed E-state index contributed by atoms with van der Waals surface area (Å²) in [7, 11) is 1.55. The molecule has 31 heavy (non-hydrogen) atoms. The summed E-state index contributed by atoms with van der Waals surface area (Å²) in [5, 5.41) is 2.69. The average Bonchev–Trinajstić information content (AvgIpc) is 2.69. The maximum Gasteiger partial charge on any atom is 0.270 e. The molecule has 0 radical (unpaired) electrons. The SMILES string of the molecule is COc1cc(/C=C2\C(=O)NC(=S)N(c3cc(C)ccc3C)C2=O)cc(I)c1OC(C)C. The molecule has 2 aromatic rings. The van der Waals surface area contributed by atoms with Gasteiger partial charge in [0, 0.05) is 0 Å². The summed E-state index contributed by atoms with van der Waals surface area (Å²) in [6.07, 6.45) is 1.52. The van der Waals surface area contributed by atoms with Crippen LogP contribution in [-0.2, 0) is 9.59 Å². The maximum absolute atomic E-state index is 13.3. The molecule has 2 aromatic carbocycles. The normalized spacial score (nSPS) is 15.5. The highest BCUT2D eigenvalue weighted by Gasteiger charge is 2.35. The minimum atomic E-state index is -0.534. The number of nitrogens with zero attached hydrogens (tertiary/aromatic N) is 1. The van der Waals surface area contributed by atoms with Gasteiger partial charge in [0.05, 0.1) is 22.5 Å². The first-order valence-corrected chi connectivity index (χ1v) is 11.1. The molecule has 1 aliphatic heterocycles. The molecule has 162 valence electrons. The largest absolute Gasteiger partial charge is 0.493 e. The first-order chi connectivity index (χ1) is 14.6. The zero-order valence-electron chi connectivity index (χ0n) is 17.9. The molecule has 0 aromatic heterocycles. The quantitative estimate of drug-likeness (QED) is 0.257. The summed E-state index contributed by atoms with van der Waals surface area (Å²) >= 11 is 7.46. The summed E-state index contributed by atoms with van der Waals surface area (Å²) in [4.78, 5) is 27.3. The van der Waals surface area contributed by atoms with Gasteiger partial charge < -0.3 is 9.47 Å². The Morgan fingerprint density at radius 1 is 1.16 bits per heavy atom. The summed E-state index contributed by atoms with van der Waals surface area (Å²) < 4.78 is 12.1. The van der Waals surface area contributed by atoms with Crippen LogP contribution >= 0.6 is 34.8 Å². The summed E-state index contributed by atoms with van der Waals surface area (Å²) in [6.45, 7) is 7.69. The van der Waals surface area contributed by atoms with Crippen molar-refractivity contribution in [3.8, 4) is 11.5 Å². The molecule has 0 unspecified atom stereocenters. The highest BCUT2D eigenvalue weighted by molar-refractivity contribution is 14.1. The van der Waals surface area contributed by atoms with Crippen LogP contribution in [0, 0.1) is 17.4 Å². The minimum absolute atomic E-state index is 0.00936. The number of thiocarbonyl (C=S) groups is 1. The van der Waals surface area contributed by atoms with E-state index >= 15 is 0 Å². The molecule has 1 fully saturated rings. The molecular weight excluding hydrogens is 527 g/mol. The molecule has 2 amide bonds. The van der Waals surface area contributed by atoms with Crippen molar-refractivity contribution in [1.29, 1.82) is 0 Å². The lowest BCUT2D eigenvalue weighted by Gasteiger charge is -2.30. The molecule has 1 saturated heterocycles. The second-order valence-electron chi connectivity index (χ2n) is 7.45. The third-order valence-corrected chi connectivity index (χ3v) is 5.71. The van der Waals surface area contributed by atoms with Crippen LogP contribution in [0.3, 0.4) is 0 Å². The van der Waals surface area contributed by atoms with E-state index in [0.29, 0.717) is 22.7 Å². The smallest absolute Gasteiger partial charge is 0.270 e. The van der Waals surface area contributed by atoms with Gasteiger partial charge in [-0.1, -0.05) is 12.1 Å². The Kier molecular flexibility index (Phi) is 7.00. The Labute approximate surface area is 200 Å². The van der Waals surface area contributed by atoms with Gasteiger partial charge in [0.25, 0.3) is 11.8 Å². The van der Waals surface area contributed by atoms with Crippen molar-refractivity contribution in [1.82, 2.24) is 5.32 Å². The standard InChI is InChI=1S/C23H23IN2O4S/c1-12(2)30-20-17(24)10-15(11-19(20)29-5)9-16-21(27)25-23(31)26(22(16)28)18-8-13(3)6-7-14(18)4/h6-12H,1-5H3,(H,25,27,31)/b16-9+. The summed E-state index contributed by atoms with van der Waals surface area (Å²) in [5.41, 5.74) is 3.14. The van der Waals surface area contributed by atoms with Crippen LogP contribution < -0.4 is 19.7 Å². The van der Waals surface area contributed by atoms with Crippen molar-refractivity contribution >= 4 is 63.5 Å². The van der Waals surface area contributed by atoms with Gasteiger partial charge in [-0.25, -0.2) is 0 Å². The Hall–Kier alpha value is -2.46. The van der Waals surface area contributed by atoms with Crippen LogP contribution in [0.1, 0.15) is 30.5 Å². The Balaban J connectivity index is 2.06. The van der Waals surface area contributed by atoms with Crippen molar-refractivity contribution in [2.75, 3.05) is 12.0 Å². The number of methoxy groups -OCH3 is 1. The number of aryl methyl sites for hydroxylation is 2. The van der Waals surface area contributed by atoms with Gasteiger partial charge in [-0.2, -0.15) is 0 Å². The van der Waals surface area contributed by atoms with Gasteiger partial charge in [-0.05, 0) is 103 Å². The van der Waals surface area contributed by atoms with E-state index in [4.69, 9.17) is 21.7 Å². The van der Waals surface area contributed by atoms with Crippen molar-refractivity contribution in [3.63, 3.8) is 0 Å². The van der Waals surface area contributed by atoms with Crippen LogP contribution in [0.4, 0.5) is 5.69 Å². The van der Waals surface area contributed by atoms with Crippen LogP contribution in [0.25, 0.3) is 6.08 Å². The van der Waals surface area contributed by atoms with Gasteiger partial charge in [0.1, 0.15) is 5.57 Å². The molecule has 0 bridgehead atoms. The molecule has 3 rings (SSSR count). The van der Waals surface area contributed by atoms with E-state index in [9.17, 15) is 9.59 Å². The van der Waals surface area contributed by atoms with Crippen molar-refractivity contribution in [2.24, 2.45) is 0 Å². The number of nitrogens with one attached hydrogen (secondary N) is 1. The fraction of sp³-hybridized carbons (Fsp3) is 0.261. The highest BCUT2D eigenvalue weighted by atomic mass is 127. The van der Waals surface area contributed by atoms with Crippen LogP contribution in [0.15, 0.2) is 35.9 Å². The lowest BCUT2D eigenvalue weighted by Crippen LogP contribution is -2.54. The van der Waals surface area contributed by atoms with Crippen LogP contribution in [0.5, 0.6) is 11.5 Å². The average molecular weight is 550 g/mol. The number of benzene rings is 2. The molecular formula is C23H23IN2O4S. The zero-order chi connectivity index (χ0) is 22.9. The first kappa shape index (κ1) is 23.2. The maximum atomic E-state index is 13.3. The molecule has 0 atom stereocenters. The Morgan fingerprint density at radius 3 is 2.52 bits per heavy atom. The number of hydrogen-bond donors (Lipinski definition) is 1. The van der Waals surface area contributed by atoms with Gasteiger partial charge in [-0.3, -0.25) is 19.8 Å². The second kappa shape index (κ2) is 9.35. The number of ether oxygens (including phenoxy) is 2. The Bertz CT molecular complexity index is 1110. The second-order valence-corrected chi connectivity index (χ2v) is 9.00. The third kappa shape index (κ3) is 4.90. The topological polar surface area (TPSA) is 67.9 Å². The van der Waals surface area contributed by atoms with E-state index in [1.165, 1.54) is 4.90 Å². The first-order valence-electron chi connectivity index (χ1n) is 9.65. The molecule has 0 spiro atoms. The molecule has 1 aliphatic rings. The summed E-state index contributed by atoms with van der Waals surface area (Å²) in [5.74, 6) is 0.142. The number of carbonyl (C=O) groups is 2. The van der Waals surface area contributed by atoms with E-state index in [-0.39, 0.29) is 16.8 Å². The molecule has 1 N–H and O–H groups in total. The molecule has 6 nitrogen and oxygen atoms in total. The van der Waals surface area contributed by atoms with Gasteiger partial charge >= 0.3 is 0 Å². The number of anilines is 1. The lowest BCUT2D eigenvalue weighted by molar-refractivity contribution is -0.122. The zero-order valence-corrected chi connectivity index (χ0v) is 20.9. The van der Waals surface area contributed by atoms with Crippen LogP contribution in [-0.4, -0.2) is 30.1 Å². The molecule has 1 heterocycles. The van der Waals surface area contributed by atoms with E-state index in [0.717, 1.165) is 14.7 Å². The van der Waals surface area contributed by atoms with Gasteiger partial charge in [0.15, 0.2) is 16.6 Å². The minimum Gasteiger partial charge on any atom is -0.493 e. The van der Waals surface area contributed by atoms with Crippen molar-refractivity contribution in [2.45, 2.75) is 33.8 Å². The fourth-order valence-electron chi connectivity index (χ4n) is 3.18. The van der Waals surface area contributed by atoms with E-state index in [1.807, 2.05) is 52.0 Å². The molecule has 0 saturated carbocycles. The lowest BCUT2D eigenvalue weighted by atomic mass is 10.0. The van der Waals surface area contributed by atoms with E-state index in [2.05, 4.69) is 27.9 Å². The molecule has 0 aliphatic carbocycles. The van der Waals surface area contributed by atoms with E-state index < -0.39 is 11.8 Å². The predicted octanol–water partition coefficient (Wildman–Crippen LogP) is 4.54. The summed E-state index contributed by atoms with van der Waals surface area (Å²) in [6, 6.07) is 9.33. The molecule has 8 heteroatoms. The fourth-order valence-corrected chi connectivity index (χ4v) is 4.20. The highest BCUT2D eigenvalue weighted by Crippen LogP contribution is 2.36. The van der Waals surface area contributed by atoms with Gasteiger partial charge in [-0.15, -0.1) is 0 Å². The van der Waals surface area contributed by atoms with Gasteiger partial charge in [0.2, 0.25) is 0 Å². The predicted molar refractivity (Wildman–Crippen MR) is 134 cm³/mol. The number of rotatable bonds is 5. The van der Waals surface area contributed by atoms with E-state index in [1.54, 1.807) is 19.3 Å². The number of amides is 2. The third-order valence-electron chi connectivity index (χ3n) is 4.62. The van der Waals surface area contributed by atoms with Crippen molar-refractivity contribution < 1.29 is 19.1 Å².